The van der Waals surface area contributed by atoms with Gasteiger partial charge in [-0.25, -0.2) is 0 Å². The summed E-state index contributed by atoms with van der Waals surface area (Å²) in [5, 5.41) is 0. The van der Waals surface area contributed by atoms with Crippen LogP contribution in [0.15, 0.2) is 24.3 Å². The Kier molecular flexibility index (Phi) is 5.41. The van der Waals surface area contributed by atoms with Gasteiger partial charge >= 0.3 is 5.97 Å². The normalized spacial score (nSPS) is 22.3. The van der Waals surface area contributed by atoms with E-state index in [1.54, 1.807) is 0 Å². The van der Waals surface area contributed by atoms with E-state index in [4.69, 9.17) is 10.5 Å². The van der Waals surface area contributed by atoms with Crippen molar-refractivity contribution in [2.24, 2.45) is 5.73 Å². The highest BCUT2D eigenvalue weighted by atomic mass is 16.5. The molecule has 1 aromatic carbocycles. The van der Waals surface area contributed by atoms with Gasteiger partial charge in [0.2, 0.25) is 0 Å². The average Bonchev–Trinajstić information content (AvgIpc) is 2.48. The first-order valence-electron chi connectivity index (χ1n) is 7.25. The molecular formula is C16H23NO3. The van der Waals surface area contributed by atoms with E-state index < -0.39 is 0 Å². The third kappa shape index (κ3) is 4.53. The second kappa shape index (κ2) is 7.29. The van der Waals surface area contributed by atoms with Crippen LogP contribution in [0, 0.1) is 0 Å². The Balaban J connectivity index is 1.80. The summed E-state index contributed by atoms with van der Waals surface area (Å²) in [7, 11) is 1.41. The number of rotatable bonds is 5. The van der Waals surface area contributed by atoms with Crippen molar-refractivity contribution in [2.75, 3.05) is 7.11 Å². The monoisotopic (exact) mass is 277 g/mol. The number of benzene rings is 1. The number of nitrogens with two attached hydrogens (primary N) is 1. The number of carbonyl (C=O) groups is 1. The predicted octanol–water partition coefficient (Wildman–Crippen LogP) is 2.44. The van der Waals surface area contributed by atoms with Crippen molar-refractivity contribution in [2.45, 2.75) is 50.7 Å². The molecule has 0 unspecified atom stereocenters. The molecule has 110 valence electrons. The van der Waals surface area contributed by atoms with E-state index in [-0.39, 0.29) is 12.1 Å². The minimum atomic E-state index is -0.177. The van der Waals surface area contributed by atoms with Crippen LogP contribution in [0.25, 0.3) is 0 Å². The summed E-state index contributed by atoms with van der Waals surface area (Å²) < 4.78 is 10.6. The molecule has 4 nitrogen and oxygen atoms in total. The molecule has 0 radical (unpaired) electrons. The Morgan fingerprint density at radius 3 is 2.45 bits per heavy atom. The minimum Gasteiger partial charge on any atom is -0.490 e. The molecular weight excluding hydrogens is 254 g/mol. The van der Waals surface area contributed by atoms with E-state index in [1.165, 1.54) is 7.11 Å². The van der Waals surface area contributed by atoms with Crippen molar-refractivity contribution in [1.82, 2.24) is 0 Å². The fraction of sp³-hybridized carbons (Fsp3) is 0.562. The number of hydrogen-bond donors (Lipinski definition) is 1. The summed E-state index contributed by atoms with van der Waals surface area (Å²) in [5.41, 5.74) is 7.00. The first-order chi connectivity index (χ1) is 9.67. The van der Waals surface area contributed by atoms with Crippen molar-refractivity contribution in [3.8, 4) is 5.75 Å². The van der Waals surface area contributed by atoms with Crippen LogP contribution in [0.4, 0.5) is 0 Å². The molecule has 4 heteroatoms. The first-order valence-corrected chi connectivity index (χ1v) is 7.25. The number of aryl methyl sites for hydroxylation is 1. The van der Waals surface area contributed by atoms with Crippen molar-refractivity contribution in [3.05, 3.63) is 29.8 Å². The van der Waals surface area contributed by atoms with Gasteiger partial charge in [-0.15, -0.1) is 0 Å². The third-order valence-corrected chi connectivity index (χ3v) is 3.79. The molecule has 0 spiro atoms. The van der Waals surface area contributed by atoms with Gasteiger partial charge in [0.25, 0.3) is 0 Å². The molecule has 20 heavy (non-hydrogen) atoms. The highest BCUT2D eigenvalue weighted by molar-refractivity contribution is 5.69. The Hall–Kier alpha value is -1.55. The summed E-state index contributed by atoms with van der Waals surface area (Å²) in [6.45, 7) is 0. The zero-order chi connectivity index (χ0) is 14.4. The van der Waals surface area contributed by atoms with Gasteiger partial charge in [0, 0.05) is 12.5 Å². The molecule has 2 rings (SSSR count). The summed E-state index contributed by atoms with van der Waals surface area (Å²) in [5.74, 6) is 0.719. The molecule has 0 aromatic heterocycles. The SMILES string of the molecule is COC(=O)CCc1ccc(OC2CCC(N)CC2)cc1. The maximum atomic E-state index is 11.1. The number of ether oxygens (including phenoxy) is 2. The molecule has 0 aliphatic heterocycles. The van der Waals surface area contributed by atoms with Crippen molar-refractivity contribution < 1.29 is 14.3 Å². The zero-order valence-corrected chi connectivity index (χ0v) is 12.0. The molecule has 2 N–H and O–H groups in total. The van der Waals surface area contributed by atoms with Gasteiger partial charge in [0.05, 0.1) is 13.2 Å². The molecule has 1 aliphatic rings. The fourth-order valence-corrected chi connectivity index (χ4v) is 2.48. The quantitative estimate of drug-likeness (QED) is 0.840. The summed E-state index contributed by atoms with van der Waals surface area (Å²) in [6.07, 6.45) is 5.55. The second-order valence-corrected chi connectivity index (χ2v) is 5.37. The van der Waals surface area contributed by atoms with E-state index in [1.807, 2.05) is 24.3 Å². The van der Waals surface area contributed by atoms with E-state index in [0.29, 0.717) is 18.9 Å². The Morgan fingerprint density at radius 1 is 1.20 bits per heavy atom. The third-order valence-electron chi connectivity index (χ3n) is 3.79. The van der Waals surface area contributed by atoms with Gasteiger partial charge in [-0.1, -0.05) is 12.1 Å². The van der Waals surface area contributed by atoms with Crippen molar-refractivity contribution in [1.29, 1.82) is 0 Å². The molecule has 0 heterocycles. The molecule has 0 atom stereocenters. The Labute approximate surface area is 120 Å². The van der Waals surface area contributed by atoms with Crippen molar-refractivity contribution in [3.63, 3.8) is 0 Å². The first kappa shape index (κ1) is 14.9. The largest absolute Gasteiger partial charge is 0.490 e. The minimum absolute atomic E-state index is 0.177. The lowest BCUT2D eigenvalue weighted by Gasteiger charge is -2.26. The number of carbonyl (C=O) groups excluding carboxylic acids is 1. The smallest absolute Gasteiger partial charge is 0.305 e. The Morgan fingerprint density at radius 2 is 1.85 bits per heavy atom. The number of esters is 1. The standard InChI is InChI=1S/C16H23NO3/c1-19-16(18)11-4-12-2-7-14(8-3-12)20-15-9-5-13(17)6-10-15/h2-3,7-8,13,15H,4-6,9-11,17H2,1H3. The number of hydrogen-bond acceptors (Lipinski definition) is 4. The molecule has 1 saturated carbocycles. The lowest BCUT2D eigenvalue weighted by Crippen LogP contribution is -2.31. The van der Waals surface area contributed by atoms with Crippen LogP contribution >= 0.6 is 0 Å². The van der Waals surface area contributed by atoms with Crippen LogP contribution in [0.3, 0.4) is 0 Å². The Bertz CT molecular complexity index is 422. The van der Waals surface area contributed by atoms with Crippen molar-refractivity contribution >= 4 is 5.97 Å². The summed E-state index contributed by atoms with van der Waals surface area (Å²) >= 11 is 0. The predicted molar refractivity (Wildman–Crippen MR) is 77.6 cm³/mol. The van der Waals surface area contributed by atoms with Gasteiger partial charge in [-0.2, -0.15) is 0 Å². The number of methoxy groups -OCH3 is 1. The lowest BCUT2D eigenvalue weighted by molar-refractivity contribution is -0.140. The topological polar surface area (TPSA) is 61.5 Å². The van der Waals surface area contributed by atoms with Crippen LogP contribution in [0.1, 0.15) is 37.7 Å². The van der Waals surface area contributed by atoms with Gasteiger partial charge in [-0.05, 0) is 49.8 Å². The van der Waals surface area contributed by atoms with Crippen LogP contribution < -0.4 is 10.5 Å². The maximum Gasteiger partial charge on any atom is 0.305 e. The van der Waals surface area contributed by atoms with Crippen LogP contribution in [0.2, 0.25) is 0 Å². The van der Waals surface area contributed by atoms with E-state index in [2.05, 4.69) is 4.74 Å². The highest BCUT2D eigenvalue weighted by Crippen LogP contribution is 2.23. The molecule has 1 aromatic rings. The van der Waals surface area contributed by atoms with Gasteiger partial charge in [0.15, 0.2) is 0 Å². The van der Waals surface area contributed by atoms with Crippen LogP contribution in [-0.2, 0) is 16.0 Å². The van der Waals surface area contributed by atoms with Crippen LogP contribution in [-0.4, -0.2) is 25.2 Å². The summed E-state index contributed by atoms with van der Waals surface area (Å²) in [6, 6.07) is 8.30. The zero-order valence-electron chi connectivity index (χ0n) is 12.0. The second-order valence-electron chi connectivity index (χ2n) is 5.37. The van der Waals surface area contributed by atoms with Gasteiger partial charge < -0.3 is 15.2 Å². The van der Waals surface area contributed by atoms with E-state index in [9.17, 15) is 4.79 Å². The molecule has 0 saturated heterocycles. The molecule has 1 fully saturated rings. The highest BCUT2D eigenvalue weighted by Gasteiger charge is 2.19. The van der Waals surface area contributed by atoms with Gasteiger partial charge in [-0.3, -0.25) is 4.79 Å². The lowest BCUT2D eigenvalue weighted by atomic mass is 9.94. The average molecular weight is 277 g/mol. The van der Waals surface area contributed by atoms with E-state index in [0.717, 1.165) is 37.0 Å². The molecule has 0 amide bonds. The maximum absolute atomic E-state index is 11.1. The van der Waals surface area contributed by atoms with Crippen LogP contribution in [0.5, 0.6) is 5.75 Å². The molecule has 1 aliphatic carbocycles. The fourth-order valence-electron chi connectivity index (χ4n) is 2.48. The molecule has 0 bridgehead atoms. The summed E-state index contributed by atoms with van der Waals surface area (Å²) in [4.78, 5) is 11.1. The van der Waals surface area contributed by atoms with Gasteiger partial charge in [0.1, 0.15) is 5.75 Å². The van der Waals surface area contributed by atoms with E-state index >= 15 is 0 Å².